The molecule has 0 amide bonds. The number of rotatable bonds is 7. The van der Waals surface area contributed by atoms with Crippen LogP contribution in [-0.2, 0) is 10.0 Å². The first-order valence-electron chi connectivity index (χ1n) is 6.81. The second-order valence-corrected chi connectivity index (χ2v) is 7.51. The summed E-state index contributed by atoms with van der Waals surface area (Å²) in [7, 11) is -3.63. The van der Waals surface area contributed by atoms with E-state index < -0.39 is 15.8 Å². The van der Waals surface area contributed by atoms with Crippen molar-refractivity contribution in [1.82, 2.24) is 4.31 Å². The zero-order valence-electron chi connectivity index (χ0n) is 12.1. The van der Waals surface area contributed by atoms with E-state index in [2.05, 4.69) is 15.9 Å². The van der Waals surface area contributed by atoms with Crippen molar-refractivity contribution in [3.63, 3.8) is 0 Å². The number of hydrogen-bond donors (Lipinski definition) is 0. The number of benzene rings is 1. The highest BCUT2D eigenvalue weighted by Crippen LogP contribution is 2.23. The van der Waals surface area contributed by atoms with E-state index in [1.807, 2.05) is 13.8 Å². The van der Waals surface area contributed by atoms with Gasteiger partial charge in [0, 0.05) is 13.1 Å². The van der Waals surface area contributed by atoms with Crippen LogP contribution in [-0.4, -0.2) is 25.8 Å². The summed E-state index contributed by atoms with van der Waals surface area (Å²) in [6.07, 6.45) is 1.86. The normalized spacial score (nSPS) is 12.3. The van der Waals surface area contributed by atoms with Gasteiger partial charge in [-0.2, -0.15) is 4.31 Å². The first-order chi connectivity index (χ1) is 9.36. The van der Waals surface area contributed by atoms with Crippen LogP contribution in [0, 0.1) is 11.7 Å². The Balaban J connectivity index is 3.08. The molecule has 0 aliphatic heterocycles. The maximum atomic E-state index is 13.5. The molecular formula is C14H21BrFNO2S. The fourth-order valence-electron chi connectivity index (χ4n) is 2.02. The summed E-state index contributed by atoms with van der Waals surface area (Å²) in [5.74, 6) is -0.241. The van der Waals surface area contributed by atoms with Gasteiger partial charge in [0.2, 0.25) is 10.0 Å². The van der Waals surface area contributed by atoms with Crippen molar-refractivity contribution in [3.05, 3.63) is 28.5 Å². The molecule has 0 radical (unpaired) electrons. The summed E-state index contributed by atoms with van der Waals surface area (Å²) in [5.41, 5.74) is 0. The lowest BCUT2D eigenvalue weighted by Crippen LogP contribution is -2.35. The Bertz CT molecular complexity index is 544. The van der Waals surface area contributed by atoms with E-state index in [1.54, 1.807) is 6.92 Å². The molecule has 1 aromatic carbocycles. The molecule has 114 valence electrons. The maximum Gasteiger partial charge on any atom is 0.243 e. The second kappa shape index (κ2) is 7.52. The molecule has 0 aliphatic carbocycles. The zero-order chi connectivity index (χ0) is 15.3. The fraction of sp³-hybridized carbons (Fsp3) is 0.571. The van der Waals surface area contributed by atoms with E-state index in [0.717, 1.165) is 18.9 Å². The minimum Gasteiger partial charge on any atom is -0.207 e. The lowest BCUT2D eigenvalue weighted by molar-refractivity contribution is 0.339. The largest absolute Gasteiger partial charge is 0.243 e. The van der Waals surface area contributed by atoms with Gasteiger partial charge in [-0.15, -0.1) is 0 Å². The van der Waals surface area contributed by atoms with Gasteiger partial charge in [0.15, 0.2) is 0 Å². The Morgan fingerprint density at radius 3 is 2.30 bits per heavy atom. The number of halogens is 2. The molecule has 0 heterocycles. The van der Waals surface area contributed by atoms with E-state index in [9.17, 15) is 12.8 Å². The Labute approximate surface area is 129 Å². The monoisotopic (exact) mass is 365 g/mol. The minimum absolute atomic E-state index is 0.00556. The fourth-order valence-corrected chi connectivity index (χ4v) is 3.80. The van der Waals surface area contributed by atoms with Crippen molar-refractivity contribution in [2.75, 3.05) is 13.1 Å². The molecule has 0 unspecified atom stereocenters. The Hall–Kier alpha value is -0.460. The molecule has 0 aliphatic rings. The first kappa shape index (κ1) is 17.6. The third-order valence-electron chi connectivity index (χ3n) is 3.50. The molecule has 0 saturated carbocycles. The summed E-state index contributed by atoms with van der Waals surface area (Å²) in [4.78, 5) is 0.00556. The van der Waals surface area contributed by atoms with Crippen molar-refractivity contribution in [3.8, 4) is 0 Å². The molecule has 0 bridgehead atoms. The van der Waals surface area contributed by atoms with Crippen LogP contribution in [0.2, 0.25) is 0 Å². The van der Waals surface area contributed by atoms with Crippen molar-refractivity contribution in [1.29, 1.82) is 0 Å². The van der Waals surface area contributed by atoms with Crippen molar-refractivity contribution in [2.45, 2.75) is 38.5 Å². The molecule has 0 N–H and O–H groups in total. The highest BCUT2D eigenvalue weighted by atomic mass is 79.9. The van der Waals surface area contributed by atoms with Crippen molar-refractivity contribution in [2.24, 2.45) is 5.92 Å². The molecule has 0 aromatic heterocycles. The van der Waals surface area contributed by atoms with Crippen molar-refractivity contribution >= 4 is 26.0 Å². The highest BCUT2D eigenvalue weighted by molar-refractivity contribution is 9.10. The summed E-state index contributed by atoms with van der Waals surface area (Å²) < 4.78 is 40.3. The van der Waals surface area contributed by atoms with E-state index in [1.165, 1.54) is 16.4 Å². The average Bonchev–Trinajstić information content (AvgIpc) is 2.42. The molecule has 6 heteroatoms. The van der Waals surface area contributed by atoms with Gasteiger partial charge in [-0.3, -0.25) is 0 Å². The predicted octanol–water partition coefficient (Wildman–Crippen LogP) is 4.04. The van der Waals surface area contributed by atoms with Crippen LogP contribution in [0.4, 0.5) is 4.39 Å². The smallest absolute Gasteiger partial charge is 0.207 e. The number of nitrogens with zero attached hydrogens (tertiary/aromatic N) is 1. The maximum absolute atomic E-state index is 13.5. The summed E-state index contributed by atoms with van der Waals surface area (Å²) in [5, 5.41) is 0. The average molecular weight is 366 g/mol. The molecule has 3 nitrogen and oxygen atoms in total. The zero-order valence-corrected chi connectivity index (χ0v) is 14.5. The lowest BCUT2D eigenvalue weighted by atomic mass is 10.0. The van der Waals surface area contributed by atoms with Gasteiger partial charge >= 0.3 is 0 Å². The molecule has 0 spiro atoms. The molecule has 0 atom stereocenters. The Kier molecular flexibility index (Phi) is 6.61. The van der Waals surface area contributed by atoms with Crippen LogP contribution in [0.1, 0.15) is 33.6 Å². The summed E-state index contributed by atoms with van der Waals surface area (Å²) in [6, 6.07) is 3.92. The van der Waals surface area contributed by atoms with Gasteiger partial charge in [0.1, 0.15) is 5.82 Å². The van der Waals surface area contributed by atoms with E-state index in [4.69, 9.17) is 0 Å². The van der Waals surface area contributed by atoms with Gasteiger partial charge in [-0.1, -0.05) is 33.6 Å². The van der Waals surface area contributed by atoms with Gasteiger partial charge in [0.05, 0.1) is 9.37 Å². The third-order valence-corrected chi connectivity index (χ3v) is 6.08. The topological polar surface area (TPSA) is 37.4 Å². The number of sulfonamides is 1. The van der Waals surface area contributed by atoms with E-state index in [-0.39, 0.29) is 9.37 Å². The first-order valence-corrected chi connectivity index (χ1v) is 9.05. The second-order valence-electron chi connectivity index (χ2n) is 4.71. The Morgan fingerprint density at radius 2 is 1.85 bits per heavy atom. The van der Waals surface area contributed by atoms with Gasteiger partial charge in [-0.25, -0.2) is 12.8 Å². The minimum atomic E-state index is -3.63. The van der Waals surface area contributed by atoms with Gasteiger partial charge < -0.3 is 0 Å². The standard InChI is InChI=1S/C14H21BrFNO2S/c1-4-11(5-2)10-17(6-3)20(18,19)12-7-8-13(15)14(16)9-12/h7-9,11H,4-6,10H2,1-3H3. The quantitative estimate of drug-likeness (QED) is 0.731. The van der Waals surface area contributed by atoms with Gasteiger partial charge in [-0.05, 0) is 40.0 Å². The number of hydrogen-bond acceptors (Lipinski definition) is 2. The van der Waals surface area contributed by atoms with Crippen LogP contribution in [0.25, 0.3) is 0 Å². The summed E-state index contributed by atoms with van der Waals surface area (Å²) in [6.45, 7) is 6.76. The summed E-state index contributed by atoms with van der Waals surface area (Å²) >= 11 is 3.03. The third kappa shape index (κ3) is 4.02. The van der Waals surface area contributed by atoms with E-state index in [0.29, 0.717) is 19.0 Å². The molecular weight excluding hydrogens is 345 g/mol. The molecule has 1 rings (SSSR count). The van der Waals surface area contributed by atoms with Crippen LogP contribution >= 0.6 is 15.9 Å². The molecule has 0 fully saturated rings. The highest BCUT2D eigenvalue weighted by Gasteiger charge is 2.25. The van der Waals surface area contributed by atoms with Crippen molar-refractivity contribution < 1.29 is 12.8 Å². The Morgan fingerprint density at radius 1 is 1.25 bits per heavy atom. The van der Waals surface area contributed by atoms with Crippen LogP contribution in [0.15, 0.2) is 27.6 Å². The van der Waals surface area contributed by atoms with Crippen LogP contribution < -0.4 is 0 Å². The lowest BCUT2D eigenvalue weighted by Gasteiger charge is -2.24. The van der Waals surface area contributed by atoms with E-state index >= 15 is 0 Å². The predicted molar refractivity (Wildman–Crippen MR) is 82.6 cm³/mol. The van der Waals surface area contributed by atoms with Gasteiger partial charge in [0.25, 0.3) is 0 Å². The SMILES string of the molecule is CCC(CC)CN(CC)S(=O)(=O)c1ccc(Br)c(F)c1. The molecule has 1 aromatic rings. The van der Waals surface area contributed by atoms with Crippen LogP contribution in [0.5, 0.6) is 0 Å². The molecule has 20 heavy (non-hydrogen) atoms. The van der Waals surface area contributed by atoms with Crippen LogP contribution in [0.3, 0.4) is 0 Å². The molecule has 0 saturated heterocycles.